The Bertz CT molecular complexity index is 502. The molecule has 0 aliphatic carbocycles. The van der Waals surface area contributed by atoms with Crippen molar-refractivity contribution >= 4 is 15.7 Å². The zero-order valence-electron chi connectivity index (χ0n) is 8.87. The summed E-state index contributed by atoms with van der Waals surface area (Å²) in [5, 5.41) is 0. The Balaban J connectivity index is 3.40. The normalized spacial score (nSPS) is 12.1. The lowest BCUT2D eigenvalue weighted by molar-refractivity contribution is 0.476. The summed E-state index contributed by atoms with van der Waals surface area (Å²) in [6.45, 7) is 1.78. The third-order valence-corrected chi connectivity index (χ3v) is 4.13. The monoisotopic (exact) mass is 250 g/mol. The third kappa shape index (κ3) is 2.14. The highest BCUT2D eigenvalue weighted by Crippen LogP contribution is 2.23. The molecule has 90 valence electrons. The van der Waals surface area contributed by atoms with E-state index in [0.717, 1.165) is 10.4 Å². The van der Waals surface area contributed by atoms with Gasteiger partial charge in [0.15, 0.2) is 0 Å². The first-order chi connectivity index (χ1) is 7.30. The molecule has 0 aliphatic rings. The largest absolute Gasteiger partial charge is 0.396 e. The third-order valence-electron chi connectivity index (χ3n) is 2.18. The SMILES string of the molecule is CCN(C)S(=O)(=O)c1cc(N)c(F)cc1F. The average Bonchev–Trinajstić information content (AvgIpc) is 2.21. The summed E-state index contributed by atoms with van der Waals surface area (Å²) in [5.41, 5.74) is 4.80. The van der Waals surface area contributed by atoms with Crippen LogP contribution in [0.15, 0.2) is 17.0 Å². The first-order valence-corrected chi connectivity index (χ1v) is 5.95. The molecule has 0 unspecified atom stereocenters. The topological polar surface area (TPSA) is 63.4 Å². The molecule has 16 heavy (non-hydrogen) atoms. The zero-order valence-corrected chi connectivity index (χ0v) is 9.68. The summed E-state index contributed by atoms with van der Waals surface area (Å²) >= 11 is 0. The predicted molar refractivity (Wildman–Crippen MR) is 56.3 cm³/mol. The molecule has 4 nitrogen and oxygen atoms in total. The molecule has 1 rings (SSSR count). The van der Waals surface area contributed by atoms with Crippen LogP contribution in [-0.2, 0) is 10.0 Å². The van der Waals surface area contributed by atoms with E-state index in [1.807, 2.05) is 0 Å². The van der Waals surface area contributed by atoms with Crippen molar-refractivity contribution in [3.8, 4) is 0 Å². The van der Waals surface area contributed by atoms with Crippen molar-refractivity contribution in [3.63, 3.8) is 0 Å². The van der Waals surface area contributed by atoms with Crippen molar-refractivity contribution < 1.29 is 17.2 Å². The van der Waals surface area contributed by atoms with E-state index in [1.165, 1.54) is 7.05 Å². The van der Waals surface area contributed by atoms with Crippen LogP contribution in [0, 0.1) is 11.6 Å². The first kappa shape index (κ1) is 12.9. The number of rotatable bonds is 3. The molecule has 1 aromatic carbocycles. The molecule has 0 atom stereocenters. The average molecular weight is 250 g/mol. The van der Waals surface area contributed by atoms with Crippen LogP contribution in [0.3, 0.4) is 0 Å². The lowest BCUT2D eigenvalue weighted by atomic mass is 10.3. The number of nitrogen functional groups attached to an aromatic ring is 1. The van der Waals surface area contributed by atoms with Crippen LogP contribution in [0.1, 0.15) is 6.92 Å². The Kier molecular flexibility index (Phi) is 3.49. The molecule has 0 saturated carbocycles. The molecule has 0 saturated heterocycles. The molecule has 0 amide bonds. The second-order valence-corrected chi connectivity index (χ2v) is 5.24. The molecule has 0 heterocycles. The van der Waals surface area contributed by atoms with Crippen LogP contribution in [-0.4, -0.2) is 26.3 Å². The van der Waals surface area contributed by atoms with Crippen molar-refractivity contribution in [2.45, 2.75) is 11.8 Å². The summed E-state index contributed by atoms with van der Waals surface area (Å²) in [4.78, 5) is -0.615. The van der Waals surface area contributed by atoms with E-state index >= 15 is 0 Å². The summed E-state index contributed by atoms with van der Waals surface area (Å²) in [7, 11) is -2.65. The van der Waals surface area contributed by atoms with Crippen LogP contribution >= 0.6 is 0 Å². The highest BCUT2D eigenvalue weighted by Gasteiger charge is 2.24. The van der Waals surface area contributed by atoms with Gasteiger partial charge in [-0.1, -0.05) is 6.92 Å². The maximum Gasteiger partial charge on any atom is 0.245 e. The molecule has 0 radical (unpaired) electrons. The minimum absolute atomic E-state index is 0.180. The lowest BCUT2D eigenvalue weighted by Gasteiger charge is -2.15. The first-order valence-electron chi connectivity index (χ1n) is 4.51. The van der Waals surface area contributed by atoms with Gasteiger partial charge >= 0.3 is 0 Å². The minimum Gasteiger partial charge on any atom is -0.396 e. The fourth-order valence-electron chi connectivity index (χ4n) is 1.08. The number of nitrogens with two attached hydrogens (primary N) is 1. The standard InChI is InChI=1S/C9H12F2N2O2S/c1-3-13(2)16(14,15)9-5-8(12)6(10)4-7(9)11/h4-5H,3,12H2,1-2H3. The van der Waals surface area contributed by atoms with Crippen molar-refractivity contribution in [2.24, 2.45) is 0 Å². The van der Waals surface area contributed by atoms with Gasteiger partial charge in [-0.15, -0.1) is 0 Å². The fourth-order valence-corrected chi connectivity index (χ4v) is 2.34. The Morgan fingerprint density at radius 2 is 1.88 bits per heavy atom. The molecular weight excluding hydrogens is 238 g/mol. The van der Waals surface area contributed by atoms with Crippen LogP contribution < -0.4 is 5.73 Å². The quantitative estimate of drug-likeness (QED) is 0.819. The summed E-state index contributed by atoms with van der Waals surface area (Å²) in [6, 6.07) is 1.25. The molecule has 7 heteroatoms. The van der Waals surface area contributed by atoms with Gasteiger partial charge < -0.3 is 5.73 Å². The summed E-state index contributed by atoms with van der Waals surface area (Å²) in [5.74, 6) is -2.12. The number of halogens is 2. The zero-order chi connectivity index (χ0) is 12.5. The van der Waals surface area contributed by atoms with Crippen LogP contribution in [0.5, 0.6) is 0 Å². The van der Waals surface area contributed by atoms with E-state index in [2.05, 4.69) is 0 Å². The van der Waals surface area contributed by atoms with Gasteiger partial charge in [-0.3, -0.25) is 0 Å². The second kappa shape index (κ2) is 4.34. The number of nitrogens with zero attached hydrogens (tertiary/aromatic N) is 1. The van der Waals surface area contributed by atoms with Crippen LogP contribution in [0.2, 0.25) is 0 Å². The van der Waals surface area contributed by atoms with E-state index in [1.54, 1.807) is 6.92 Å². The second-order valence-electron chi connectivity index (χ2n) is 3.22. The maximum absolute atomic E-state index is 13.3. The minimum atomic E-state index is -3.95. The number of anilines is 1. The van der Waals surface area contributed by atoms with Gasteiger partial charge in [0.2, 0.25) is 10.0 Å². The number of hydrogen-bond donors (Lipinski definition) is 1. The maximum atomic E-state index is 13.3. The molecule has 0 aliphatic heterocycles. The van der Waals surface area contributed by atoms with Crippen molar-refractivity contribution in [1.82, 2.24) is 4.31 Å². The van der Waals surface area contributed by atoms with Gasteiger partial charge in [0.25, 0.3) is 0 Å². The molecule has 0 aromatic heterocycles. The van der Waals surface area contributed by atoms with Gasteiger partial charge in [0, 0.05) is 19.7 Å². The molecule has 1 aromatic rings. The van der Waals surface area contributed by atoms with Gasteiger partial charge in [0.1, 0.15) is 16.5 Å². The highest BCUT2D eigenvalue weighted by atomic mass is 32.2. The van der Waals surface area contributed by atoms with Crippen molar-refractivity contribution in [2.75, 3.05) is 19.3 Å². The predicted octanol–water partition coefficient (Wildman–Crippen LogP) is 1.19. The van der Waals surface area contributed by atoms with E-state index in [9.17, 15) is 17.2 Å². The van der Waals surface area contributed by atoms with E-state index < -0.39 is 32.2 Å². The number of hydrogen-bond acceptors (Lipinski definition) is 3. The smallest absolute Gasteiger partial charge is 0.245 e. The lowest BCUT2D eigenvalue weighted by Crippen LogP contribution is -2.27. The van der Waals surface area contributed by atoms with Crippen molar-refractivity contribution in [1.29, 1.82) is 0 Å². The highest BCUT2D eigenvalue weighted by molar-refractivity contribution is 7.89. The number of sulfonamides is 1. The Morgan fingerprint density at radius 3 is 2.38 bits per heavy atom. The van der Waals surface area contributed by atoms with Crippen molar-refractivity contribution in [3.05, 3.63) is 23.8 Å². The van der Waals surface area contributed by atoms with E-state index in [-0.39, 0.29) is 6.54 Å². The van der Waals surface area contributed by atoms with E-state index in [4.69, 9.17) is 5.73 Å². The Hall–Kier alpha value is -1.21. The van der Waals surface area contributed by atoms with Gasteiger partial charge in [-0.2, -0.15) is 0 Å². The number of benzene rings is 1. The Morgan fingerprint density at radius 1 is 1.31 bits per heavy atom. The fraction of sp³-hybridized carbons (Fsp3) is 0.333. The molecule has 2 N–H and O–H groups in total. The molecule has 0 bridgehead atoms. The summed E-state index contributed by atoms with van der Waals surface area (Å²) < 4.78 is 50.6. The van der Waals surface area contributed by atoms with Gasteiger partial charge in [-0.05, 0) is 6.07 Å². The van der Waals surface area contributed by atoms with Gasteiger partial charge in [-0.25, -0.2) is 21.5 Å². The van der Waals surface area contributed by atoms with Crippen LogP contribution in [0.25, 0.3) is 0 Å². The van der Waals surface area contributed by atoms with Gasteiger partial charge in [0.05, 0.1) is 5.69 Å². The van der Waals surface area contributed by atoms with E-state index in [0.29, 0.717) is 6.07 Å². The summed E-state index contributed by atoms with van der Waals surface area (Å²) in [6.07, 6.45) is 0. The Labute approximate surface area is 92.7 Å². The van der Waals surface area contributed by atoms with Crippen LogP contribution in [0.4, 0.5) is 14.5 Å². The molecule has 0 spiro atoms. The molecule has 0 fully saturated rings. The molecular formula is C9H12F2N2O2S.